The summed E-state index contributed by atoms with van der Waals surface area (Å²) in [6, 6.07) is 9.59. The first-order valence-electron chi connectivity index (χ1n) is 8.78. The molecule has 0 unspecified atom stereocenters. The molecule has 0 bridgehead atoms. The second kappa shape index (κ2) is 10.4. The predicted octanol–water partition coefficient (Wildman–Crippen LogP) is 1.19. The molecule has 158 valence electrons. The number of amides is 3. The molecule has 0 aliphatic rings. The average Bonchev–Trinajstić information content (AvgIpc) is 2.76. The third-order valence-electron chi connectivity index (χ3n) is 3.77. The van der Waals surface area contributed by atoms with Gasteiger partial charge in [0, 0.05) is 23.3 Å². The number of hydrogen-bond donors (Lipinski definition) is 3. The highest BCUT2D eigenvalue weighted by Crippen LogP contribution is 2.27. The molecular weight excluding hydrogens is 396 g/mol. The van der Waals surface area contributed by atoms with Crippen LogP contribution >= 0.6 is 0 Å². The van der Waals surface area contributed by atoms with Gasteiger partial charge in [0.15, 0.2) is 11.5 Å². The zero-order valence-corrected chi connectivity index (χ0v) is 16.3. The highest BCUT2D eigenvalue weighted by Gasteiger charge is 2.14. The van der Waals surface area contributed by atoms with E-state index in [-0.39, 0.29) is 16.8 Å². The van der Waals surface area contributed by atoms with Gasteiger partial charge >= 0.3 is 0 Å². The summed E-state index contributed by atoms with van der Waals surface area (Å²) in [7, 11) is 1.44. The van der Waals surface area contributed by atoms with E-state index in [0.717, 1.165) is 6.07 Å². The normalized spacial score (nSPS) is 9.93. The van der Waals surface area contributed by atoms with E-state index in [1.807, 2.05) is 6.92 Å². The number of hydrogen-bond acceptors (Lipinski definition) is 7. The van der Waals surface area contributed by atoms with Crippen molar-refractivity contribution >= 4 is 23.4 Å². The van der Waals surface area contributed by atoms with Crippen molar-refractivity contribution in [1.82, 2.24) is 16.2 Å². The lowest BCUT2D eigenvalue weighted by molar-refractivity contribution is -0.384. The number of nitro groups is 1. The van der Waals surface area contributed by atoms with E-state index < -0.39 is 29.2 Å². The van der Waals surface area contributed by atoms with Crippen LogP contribution in [0.15, 0.2) is 42.5 Å². The Balaban J connectivity index is 1.87. The molecule has 0 radical (unpaired) electrons. The van der Waals surface area contributed by atoms with Crippen molar-refractivity contribution in [1.29, 1.82) is 0 Å². The number of benzene rings is 2. The minimum Gasteiger partial charge on any atom is -0.493 e. The summed E-state index contributed by atoms with van der Waals surface area (Å²) in [6.45, 7) is 1.79. The van der Waals surface area contributed by atoms with Gasteiger partial charge in [-0.15, -0.1) is 0 Å². The number of carbonyl (C=O) groups excluding carboxylic acids is 3. The molecular formula is C19H20N4O7. The van der Waals surface area contributed by atoms with E-state index in [9.17, 15) is 24.5 Å². The van der Waals surface area contributed by atoms with Gasteiger partial charge in [0.1, 0.15) is 0 Å². The lowest BCUT2D eigenvalue weighted by Crippen LogP contribution is -2.46. The minimum absolute atomic E-state index is 0.0301. The molecule has 0 saturated heterocycles. The molecule has 0 fully saturated rings. The van der Waals surface area contributed by atoms with Crippen molar-refractivity contribution in [3.05, 3.63) is 63.7 Å². The van der Waals surface area contributed by atoms with Gasteiger partial charge in [-0.2, -0.15) is 0 Å². The Bertz CT molecular complexity index is 962. The molecule has 11 nitrogen and oxygen atoms in total. The van der Waals surface area contributed by atoms with Gasteiger partial charge in [-0.1, -0.05) is 6.07 Å². The summed E-state index contributed by atoms with van der Waals surface area (Å²) in [5.74, 6) is -1.13. The summed E-state index contributed by atoms with van der Waals surface area (Å²) in [6.07, 6.45) is 0. The van der Waals surface area contributed by atoms with E-state index in [1.54, 1.807) is 6.07 Å². The number of non-ortho nitro benzene ring substituents is 1. The van der Waals surface area contributed by atoms with Gasteiger partial charge in [0.05, 0.1) is 25.2 Å². The van der Waals surface area contributed by atoms with Gasteiger partial charge in [-0.25, -0.2) is 0 Å². The van der Waals surface area contributed by atoms with Crippen LogP contribution in [0.2, 0.25) is 0 Å². The summed E-state index contributed by atoms with van der Waals surface area (Å²) < 4.78 is 10.5. The summed E-state index contributed by atoms with van der Waals surface area (Å²) in [5.41, 5.74) is 4.38. The molecule has 2 rings (SSSR count). The van der Waals surface area contributed by atoms with Gasteiger partial charge in [0.25, 0.3) is 23.4 Å². The van der Waals surface area contributed by atoms with Crippen LogP contribution in [0.3, 0.4) is 0 Å². The number of nitrogens with zero attached hydrogens (tertiary/aromatic N) is 1. The quantitative estimate of drug-likeness (QED) is 0.432. The maximum Gasteiger partial charge on any atom is 0.270 e. The van der Waals surface area contributed by atoms with Gasteiger partial charge in [-0.3, -0.25) is 35.3 Å². The van der Waals surface area contributed by atoms with Crippen LogP contribution in [0.1, 0.15) is 27.6 Å². The molecule has 3 amide bonds. The second-order valence-electron chi connectivity index (χ2n) is 5.79. The van der Waals surface area contributed by atoms with E-state index in [1.165, 1.54) is 37.4 Å². The monoisotopic (exact) mass is 416 g/mol. The van der Waals surface area contributed by atoms with Crippen molar-refractivity contribution < 1.29 is 28.8 Å². The topological polar surface area (TPSA) is 149 Å². The molecule has 3 N–H and O–H groups in total. The number of rotatable bonds is 8. The molecule has 0 aliphatic carbocycles. The Hall–Kier alpha value is -4.15. The first-order chi connectivity index (χ1) is 14.3. The molecule has 0 saturated carbocycles. The predicted molar refractivity (Wildman–Crippen MR) is 105 cm³/mol. The van der Waals surface area contributed by atoms with Crippen LogP contribution in [0.25, 0.3) is 0 Å². The first-order valence-corrected chi connectivity index (χ1v) is 8.78. The molecule has 11 heteroatoms. The number of hydrazine groups is 1. The Morgan fingerprint density at radius 1 is 1.00 bits per heavy atom. The van der Waals surface area contributed by atoms with E-state index >= 15 is 0 Å². The van der Waals surface area contributed by atoms with Gasteiger partial charge in [0.2, 0.25) is 0 Å². The standard InChI is InChI=1S/C19H20N4O7/c1-3-30-15-8-7-13(10-16(15)29-2)19(26)22-21-17(24)11-20-18(25)12-5-4-6-14(9-12)23(27)28/h4-10H,3,11H2,1-2H3,(H,20,25)(H,21,24)(H,22,26). The van der Waals surface area contributed by atoms with Crippen molar-refractivity contribution in [3.63, 3.8) is 0 Å². The average molecular weight is 416 g/mol. The van der Waals surface area contributed by atoms with E-state index in [2.05, 4.69) is 16.2 Å². The van der Waals surface area contributed by atoms with Crippen LogP contribution in [-0.4, -0.2) is 42.9 Å². The molecule has 30 heavy (non-hydrogen) atoms. The van der Waals surface area contributed by atoms with Crippen LogP contribution in [0.5, 0.6) is 11.5 Å². The van der Waals surface area contributed by atoms with E-state index in [4.69, 9.17) is 9.47 Å². The first kappa shape index (κ1) is 22.1. The van der Waals surface area contributed by atoms with Crippen LogP contribution in [-0.2, 0) is 4.79 Å². The largest absolute Gasteiger partial charge is 0.493 e. The SMILES string of the molecule is CCOc1ccc(C(=O)NNC(=O)CNC(=O)c2cccc([N+](=O)[O-])c2)cc1OC. The zero-order valence-electron chi connectivity index (χ0n) is 16.3. The second-order valence-corrected chi connectivity index (χ2v) is 5.79. The summed E-state index contributed by atoms with van der Waals surface area (Å²) in [4.78, 5) is 46.2. The fourth-order valence-electron chi connectivity index (χ4n) is 2.35. The van der Waals surface area contributed by atoms with Crippen LogP contribution < -0.4 is 25.6 Å². The molecule has 0 aliphatic heterocycles. The molecule has 2 aromatic rings. The highest BCUT2D eigenvalue weighted by atomic mass is 16.6. The Kier molecular flexibility index (Phi) is 7.68. The lowest BCUT2D eigenvalue weighted by Gasteiger charge is -2.12. The highest BCUT2D eigenvalue weighted by molar-refractivity contribution is 5.98. The maximum atomic E-state index is 12.2. The number of ether oxygens (including phenoxy) is 2. The number of carbonyl (C=O) groups is 3. The smallest absolute Gasteiger partial charge is 0.270 e. The maximum absolute atomic E-state index is 12.2. The fourth-order valence-corrected chi connectivity index (χ4v) is 2.35. The van der Waals surface area contributed by atoms with Crippen molar-refractivity contribution in [2.24, 2.45) is 0 Å². The number of nitro benzene ring substituents is 1. The fraction of sp³-hybridized carbons (Fsp3) is 0.211. The minimum atomic E-state index is -0.694. The van der Waals surface area contributed by atoms with Gasteiger partial charge in [-0.05, 0) is 31.2 Å². The number of nitrogens with one attached hydrogen (secondary N) is 3. The molecule has 0 spiro atoms. The third kappa shape index (κ3) is 5.92. The number of methoxy groups -OCH3 is 1. The summed E-state index contributed by atoms with van der Waals surface area (Å²) >= 11 is 0. The Morgan fingerprint density at radius 3 is 2.40 bits per heavy atom. The Labute approximate surface area is 171 Å². The third-order valence-corrected chi connectivity index (χ3v) is 3.77. The summed E-state index contributed by atoms with van der Waals surface area (Å²) in [5, 5.41) is 13.1. The Morgan fingerprint density at radius 2 is 1.73 bits per heavy atom. The van der Waals surface area contributed by atoms with E-state index in [0.29, 0.717) is 18.1 Å². The molecule has 0 aromatic heterocycles. The van der Waals surface area contributed by atoms with Crippen LogP contribution in [0, 0.1) is 10.1 Å². The zero-order chi connectivity index (χ0) is 22.1. The van der Waals surface area contributed by atoms with Crippen molar-refractivity contribution in [3.8, 4) is 11.5 Å². The molecule has 0 heterocycles. The lowest BCUT2D eigenvalue weighted by atomic mass is 10.2. The van der Waals surface area contributed by atoms with Crippen molar-refractivity contribution in [2.75, 3.05) is 20.3 Å². The molecule has 2 aromatic carbocycles. The van der Waals surface area contributed by atoms with Gasteiger partial charge < -0.3 is 14.8 Å². The van der Waals surface area contributed by atoms with Crippen LogP contribution in [0.4, 0.5) is 5.69 Å². The van der Waals surface area contributed by atoms with Crippen molar-refractivity contribution in [2.45, 2.75) is 6.92 Å². The molecule has 0 atom stereocenters.